The first-order valence-electron chi connectivity index (χ1n) is 11.2. The Bertz CT molecular complexity index is 1180. The van der Waals surface area contributed by atoms with E-state index < -0.39 is 21.9 Å². The topological polar surface area (TPSA) is 97.7 Å². The number of benzene rings is 1. The Labute approximate surface area is 196 Å². The Morgan fingerprint density at radius 1 is 1.15 bits per heavy atom. The van der Waals surface area contributed by atoms with Crippen molar-refractivity contribution in [3.05, 3.63) is 46.3 Å². The molecule has 8 nitrogen and oxygen atoms in total. The average Bonchev–Trinajstić information content (AvgIpc) is 3.01. The Balaban J connectivity index is 1.89. The van der Waals surface area contributed by atoms with Gasteiger partial charge in [-0.3, -0.25) is 4.79 Å². The van der Waals surface area contributed by atoms with Gasteiger partial charge in [0.1, 0.15) is 10.5 Å². The molecule has 1 saturated heterocycles. The summed E-state index contributed by atoms with van der Waals surface area (Å²) in [6.45, 7) is 9.45. The molecule has 1 fully saturated rings. The smallest absolute Gasteiger partial charge is 0.341 e. The standard InChI is InChI=1S/C24H33N3O5S/c1-7-32-24(29)21-17(4)26(6)18(5)22(21)33(30,31)27-12-8-9-19(14-27)23(28)25-20-13-15(2)10-11-16(20)3/h10-11,13,19H,7-9,12,14H2,1-6H3,(H,25,28)/t19-/m1/s1. The van der Waals surface area contributed by atoms with Crippen molar-refractivity contribution in [2.24, 2.45) is 13.0 Å². The minimum Gasteiger partial charge on any atom is -0.462 e. The molecular formula is C24H33N3O5S. The van der Waals surface area contributed by atoms with E-state index >= 15 is 0 Å². The molecule has 1 atom stereocenters. The van der Waals surface area contributed by atoms with Crippen LogP contribution in [0, 0.1) is 33.6 Å². The molecule has 9 heteroatoms. The van der Waals surface area contributed by atoms with Crippen LogP contribution in [0.1, 0.15) is 52.6 Å². The zero-order chi connectivity index (χ0) is 24.5. The first-order valence-corrected chi connectivity index (χ1v) is 12.6. The Morgan fingerprint density at radius 2 is 1.85 bits per heavy atom. The number of aromatic nitrogens is 1. The number of nitrogens with one attached hydrogen (secondary N) is 1. The maximum Gasteiger partial charge on any atom is 0.341 e. The van der Waals surface area contributed by atoms with Gasteiger partial charge in [-0.15, -0.1) is 0 Å². The summed E-state index contributed by atoms with van der Waals surface area (Å²) >= 11 is 0. The van der Waals surface area contributed by atoms with Crippen LogP contribution in [-0.4, -0.2) is 48.9 Å². The minimum absolute atomic E-state index is 0.0310. The lowest BCUT2D eigenvalue weighted by Crippen LogP contribution is -2.44. The van der Waals surface area contributed by atoms with Crippen molar-refractivity contribution in [3.63, 3.8) is 0 Å². The molecule has 0 unspecified atom stereocenters. The van der Waals surface area contributed by atoms with E-state index in [1.807, 2.05) is 32.0 Å². The number of carbonyl (C=O) groups excluding carboxylic acids is 2. The lowest BCUT2D eigenvalue weighted by Gasteiger charge is -2.31. The molecule has 1 amide bonds. The van der Waals surface area contributed by atoms with Crippen molar-refractivity contribution in [2.75, 3.05) is 25.0 Å². The molecule has 0 aliphatic carbocycles. The van der Waals surface area contributed by atoms with Crippen molar-refractivity contribution in [1.29, 1.82) is 0 Å². The van der Waals surface area contributed by atoms with Gasteiger partial charge in [-0.2, -0.15) is 4.31 Å². The van der Waals surface area contributed by atoms with E-state index in [2.05, 4.69) is 5.32 Å². The van der Waals surface area contributed by atoms with Gasteiger partial charge in [0.2, 0.25) is 15.9 Å². The number of rotatable bonds is 6. The lowest BCUT2D eigenvalue weighted by atomic mass is 9.98. The van der Waals surface area contributed by atoms with Crippen LogP contribution in [-0.2, 0) is 26.6 Å². The van der Waals surface area contributed by atoms with E-state index in [-0.39, 0.29) is 29.5 Å². The van der Waals surface area contributed by atoms with Crippen LogP contribution in [0.2, 0.25) is 0 Å². The third-order valence-electron chi connectivity index (χ3n) is 6.41. The molecule has 1 aromatic carbocycles. The molecule has 0 bridgehead atoms. The number of piperidine rings is 1. The number of anilines is 1. The van der Waals surface area contributed by atoms with Crippen molar-refractivity contribution in [2.45, 2.75) is 52.4 Å². The third-order valence-corrected chi connectivity index (χ3v) is 8.43. The zero-order valence-corrected chi connectivity index (χ0v) is 21.0. The molecule has 2 heterocycles. The summed E-state index contributed by atoms with van der Waals surface area (Å²) in [7, 11) is -2.29. The molecule has 1 N–H and O–H groups in total. The lowest BCUT2D eigenvalue weighted by molar-refractivity contribution is -0.120. The number of hydrogen-bond donors (Lipinski definition) is 1. The average molecular weight is 476 g/mol. The van der Waals surface area contributed by atoms with Gasteiger partial charge >= 0.3 is 5.97 Å². The number of ether oxygens (including phenoxy) is 1. The van der Waals surface area contributed by atoms with Gasteiger partial charge in [0, 0.05) is 37.2 Å². The van der Waals surface area contributed by atoms with Crippen molar-refractivity contribution in [3.8, 4) is 0 Å². The third kappa shape index (κ3) is 4.84. The molecule has 1 aliphatic rings. The van der Waals surface area contributed by atoms with E-state index in [1.165, 1.54) is 4.31 Å². The van der Waals surface area contributed by atoms with Crippen LogP contribution in [0.25, 0.3) is 0 Å². The molecule has 0 saturated carbocycles. The van der Waals surface area contributed by atoms with E-state index in [1.54, 1.807) is 32.4 Å². The Hall–Kier alpha value is -2.65. The molecular weight excluding hydrogens is 442 g/mol. The second-order valence-corrected chi connectivity index (χ2v) is 10.5. The SMILES string of the molecule is CCOC(=O)c1c(S(=O)(=O)N2CCC[C@@H](C(=O)Nc3cc(C)ccc3C)C2)c(C)n(C)c1C. The summed E-state index contributed by atoms with van der Waals surface area (Å²) in [6, 6.07) is 5.83. The Kier molecular flexibility index (Phi) is 7.33. The fraction of sp³-hybridized carbons (Fsp3) is 0.500. The summed E-state index contributed by atoms with van der Waals surface area (Å²) in [5.41, 5.74) is 3.79. The summed E-state index contributed by atoms with van der Waals surface area (Å²) < 4.78 is 35.6. The van der Waals surface area contributed by atoms with Gasteiger partial charge in [-0.1, -0.05) is 12.1 Å². The predicted octanol–water partition coefficient (Wildman–Crippen LogP) is 3.47. The zero-order valence-electron chi connectivity index (χ0n) is 20.2. The Morgan fingerprint density at radius 3 is 2.52 bits per heavy atom. The monoisotopic (exact) mass is 475 g/mol. The molecule has 33 heavy (non-hydrogen) atoms. The van der Waals surface area contributed by atoms with Crippen LogP contribution in [0.3, 0.4) is 0 Å². The van der Waals surface area contributed by atoms with Crippen molar-refractivity contribution < 1.29 is 22.7 Å². The highest BCUT2D eigenvalue weighted by Crippen LogP contribution is 2.32. The largest absolute Gasteiger partial charge is 0.462 e. The van der Waals surface area contributed by atoms with Gasteiger partial charge in [0.15, 0.2) is 0 Å². The highest BCUT2D eigenvalue weighted by Gasteiger charge is 2.39. The summed E-state index contributed by atoms with van der Waals surface area (Å²) in [4.78, 5) is 25.6. The van der Waals surface area contributed by atoms with E-state index in [0.29, 0.717) is 30.8 Å². The first kappa shape index (κ1) is 25.0. The first-order chi connectivity index (χ1) is 15.5. The van der Waals surface area contributed by atoms with Gasteiger partial charge in [0.05, 0.1) is 12.5 Å². The molecule has 3 rings (SSSR count). The molecule has 1 aliphatic heterocycles. The number of amides is 1. The molecule has 1 aromatic heterocycles. The van der Waals surface area contributed by atoms with Crippen LogP contribution in [0.4, 0.5) is 5.69 Å². The molecule has 2 aromatic rings. The van der Waals surface area contributed by atoms with Crippen molar-refractivity contribution in [1.82, 2.24) is 8.87 Å². The highest BCUT2D eigenvalue weighted by atomic mass is 32.2. The summed E-state index contributed by atoms with van der Waals surface area (Å²) in [5, 5.41) is 2.96. The van der Waals surface area contributed by atoms with E-state index in [9.17, 15) is 18.0 Å². The number of aryl methyl sites for hydroxylation is 2. The van der Waals surface area contributed by atoms with Gasteiger partial charge in [-0.25, -0.2) is 13.2 Å². The van der Waals surface area contributed by atoms with Crippen LogP contribution >= 0.6 is 0 Å². The second-order valence-electron chi connectivity index (χ2n) is 8.66. The quantitative estimate of drug-likeness (QED) is 0.645. The number of esters is 1. The minimum atomic E-state index is -4.01. The molecule has 180 valence electrons. The molecule has 0 spiro atoms. The summed E-state index contributed by atoms with van der Waals surface area (Å²) in [6.07, 6.45) is 1.16. The van der Waals surface area contributed by atoms with Gasteiger partial charge < -0.3 is 14.6 Å². The van der Waals surface area contributed by atoms with Crippen LogP contribution in [0.15, 0.2) is 23.1 Å². The van der Waals surface area contributed by atoms with Crippen molar-refractivity contribution >= 4 is 27.6 Å². The fourth-order valence-corrected chi connectivity index (χ4v) is 6.29. The van der Waals surface area contributed by atoms with E-state index in [4.69, 9.17) is 4.74 Å². The van der Waals surface area contributed by atoms with E-state index in [0.717, 1.165) is 16.8 Å². The number of hydrogen-bond acceptors (Lipinski definition) is 5. The number of carbonyl (C=O) groups is 2. The summed E-state index contributed by atoms with van der Waals surface area (Å²) in [5.74, 6) is -1.33. The maximum atomic E-state index is 13.7. The second kappa shape index (κ2) is 9.69. The number of nitrogens with zero attached hydrogens (tertiary/aromatic N) is 2. The molecule has 0 radical (unpaired) electrons. The van der Waals surface area contributed by atoms with Crippen LogP contribution in [0.5, 0.6) is 0 Å². The fourth-order valence-electron chi connectivity index (χ4n) is 4.29. The normalized spacial score (nSPS) is 17.1. The van der Waals surface area contributed by atoms with Gasteiger partial charge in [0.25, 0.3) is 0 Å². The highest BCUT2D eigenvalue weighted by molar-refractivity contribution is 7.89. The maximum absolute atomic E-state index is 13.7. The van der Waals surface area contributed by atoms with Gasteiger partial charge in [-0.05, 0) is 64.7 Å². The predicted molar refractivity (Wildman–Crippen MR) is 127 cm³/mol. The van der Waals surface area contributed by atoms with Crippen LogP contribution < -0.4 is 5.32 Å². The number of sulfonamides is 1.